The molecule has 3 amide bonds. The Morgan fingerprint density at radius 3 is 2.74 bits per heavy atom. The second kappa shape index (κ2) is 6.48. The number of hydrogen-bond donors (Lipinski definition) is 2. The molecule has 3 rings (SSSR count). The minimum Gasteiger partial charge on any atom is -0.479 e. The lowest BCUT2D eigenvalue weighted by Crippen LogP contribution is -2.42. The molecule has 1 aromatic carbocycles. The van der Waals surface area contributed by atoms with Crippen molar-refractivity contribution in [2.45, 2.75) is 51.2 Å². The van der Waals surface area contributed by atoms with Crippen LogP contribution >= 0.6 is 0 Å². The smallest absolute Gasteiger partial charge is 0.319 e. The topological polar surface area (TPSA) is 70.7 Å². The van der Waals surface area contributed by atoms with Gasteiger partial charge in [-0.15, -0.1) is 0 Å². The standard InChI is InChI=1S/C17H23N3O3/c1-11-16(21)20(2)14-10-13(8-9-15(14)23-11)19-17(22)18-12-6-4-3-5-7-12/h8-12H,3-7H2,1-2H3,(H2,18,19,22). The lowest BCUT2D eigenvalue weighted by atomic mass is 9.96. The van der Waals surface area contributed by atoms with Gasteiger partial charge in [-0.1, -0.05) is 19.3 Å². The second-order valence-electron chi connectivity index (χ2n) is 6.27. The van der Waals surface area contributed by atoms with E-state index in [0.29, 0.717) is 17.1 Å². The van der Waals surface area contributed by atoms with Gasteiger partial charge < -0.3 is 20.3 Å². The highest BCUT2D eigenvalue weighted by molar-refractivity contribution is 6.00. The lowest BCUT2D eigenvalue weighted by molar-refractivity contribution is -0.125. The normalized spacial score (nSPS) is 21.4. The first-order valence-corrected chi connectivity index (χ1v) is 8.20. The predicted octanol–water partition coefficient (Wildman–Crippen LogP) is 2.88. The molecular formula is C17H23N3O3. The van der Waals surface area contributed by atoms with Gasteiger partial charge in [-0.25, -0.2) is 4.79 Å². The van der Waals surface area contributed by atoms with Gasteiger partial charge in [0.2, 0.25) is 0 Å². The number of ether oxygens (including phenoxy) is 1. The maximum Gasteiger partial charge on any atom is 0.319 e. The van der Waals surface area contributed by atoms with E-state index < -0.39 is 6.10 Å². The third kappa shape index (κ3) is 3.41. The first-order chi connectivity index (χ1) is 11.0. The number of likely N-dealkylation sites (N-methyl/N-ethyl adjacent to an activating group) is 1. The average Bonchev–Trinajstić information content (AvgIpc) is 2.54. The molecule has 0 saturated heterocycles. The Balaban J connectivity index is 1.67. The van der Waals surface area contributed by atoms with E-state index >= 15 is 0 Å². The zero-order valence-electron chi connectivity index (χ0n) is 13.6. The molecule has 1 aliphatic heterocycles. The van der Waals surface area contributed by atoms with E-state index in [1.165, 1.54) is 19.3 Å². The molecule has 1 heterocycles. The number of fused-ring (bicyclic) bond motifs is 1. The van der Waals surface area contributed by atoms with Crippen LogP contribution in [-0.4, -0.2) is 31.1 Å². The molecule has 6 heteroatoms. The molecule has 0 radical (unpaired) electrons. The third-order valence-electron chi connectivity index (χ3n) is 4.50. The molecule has 1 fully saturated rings. The molecule has 2 aliphatic rings. The predicted molar refractivity (Wildman–Crippen MR) is 89.0 cm³/mol. The molecule has 0 bridgehead atoms. The fourth-order valence-electron chi connectivity index (χ4n) is 3.19. The van der Waals surface area contributed by atoms with Crippen LogP contribution in [0.15, 0.2) is 18.2 Å². The molecule has 6 nitrogen and oxygen atoms in total. The fourth-order valence-corrected chi connectivity index (χ4v) is 3.19. The van der Waals surface area contributed by atoms with Crippen LogP contribution in [0.3, 0.4) is 0 Å². The number of benzene rings is 1. The Morgan fingerprint density at radius 2 is 2.00 bits per heavy atom. The molecular weight excluding hydrogens is 294 g/mol. The third-order valence-corrected chi connectivity index (χ3v) is 4.50. The molecule has 0 aromatic heterocycles. The quantitative estimate of drug-likeness (QED) is 0.881. The molecule has 1 atom stereocenters. The van der Waals surface area contributed by atoms with Crippen LogP contribution in [0.1, 0.15) is 39.0 Å². The molecule has 0 spiro atoms. The summed E-state index contributed by atoms with van der Waals surface area (Å²) in [5.74, 6) is 0.555. The minimum absolute atomic E-state index is 0.0960. The molecule has 124 valence electrons. The Kier molecular flexibility index (Phi) is 4.41. The highest BCUT2D eigenvalue weighted by Crippen LogP contribution is 2.35. The summed E-state index contributed by atoms with van der Waals surface area (Å²) >= 11 is 0. The summed E-state index contributed by atoms with van der Waals surface area (Å²) in [7, 11) is 1.71. The van der Waals surface area contributed by atoms with Crippen molar-refractivity contribution in [2.75, 3.05) is 17.3 Å². The first-order valence-electron chi connectivity index (χ1n) is 8.20. The van der Waals surface area contributed by atoms with Crippen LogP contribution in [0.5, 0.6) is 5.75 Å². The largest absolute Gasteiger partial charge is 0.479 e. The van der Waals surface area contributed by atoms with Crippen LogP contribution in [0.4, 0.5) is 16.2 Å². The van der Waals surface area contributed by atoms with E-state index in [1.54, 1.807) is 37.1 Å². The van der Waals surface area contributed by atoms with E-state index in [-0.39, 0.29) is 18.0 Å². The molecule has 1 aromatic rings. The number of urea groups is 1. The van der Waals surface area contributed by atoms with E-state index in [1.807, 2.05) is 0 Å². The number of nitrogens with one attached hydrogen (secondary N) is 2. The maximum atomic E-state index is 12.1. The molecule has 1 saturated carbocycles. The monoisotopic (exact) mass is 317 g/mol. The van der Waals surface area contributed by atoms with Gasteiger partial charge in [-0.2, -0.15) is 0 Å². The highest BCUT2D eigenvalue weighted by atomic mass is 16.5. The zero-order valence-corrected chi connectivity index (χ0v) is 13.6. The number of carbonyl (C=O) groups is 2. The van der Waals surface area contributed by atoms with Crippen molar-refractivity contribution in [3.8, 4) is 5.75 Å². The minimum atomic E-state index is -0.485. The van der Waals surface area contributed by atoms with Crippen LogP contribution in [0.25, 0.3) is 0 Å². The summed E-state index contributed by atoms with van der Waals surface area (Å²) in [6.07, 6.45) is 5.20. The summed E-state index contributed by atoms with van der Waals surface area (Å²) in [6, 6.07) is 5.39. The van der Waals surface area contributed by atoms with Gasteiger partial charge in [-0.05, 0) is 38.0 Å². The molecule has 1 unspecified atom stereocenters. The summed E-state index contributed by atoms with van der Waals surface area (Å²) < 4.78 is 5.58. The van der Waals surface area contributed by atoms with Gasteiger partial charge in [0.1, 0.15) is 5.75 Å². The second-order valence-corrected chi connectivity index (χ2v) is 6.27. The van der Waals surface area contributed by atoms with Gasteiger partial charge in [-0.3, -0.25) is 4.79 Å². The number of amides is 3. The Morgan fingerprint density at radius 1 is 1.26 bits per heavy atom. The number of hydrogen-bond acceptors (Lipinski definition) is 3. The molecule has 2 N–H and O–H groups in total. The summed E-state index contributed by atoms with van der Waals surface area (Å²) in [6.45, 7) is 1.73. The van der Waals surface area contributed by atoms with Crippen molar-refractivity contribution in [2.24, 2.45) is 0 Å². The average molecular weight is 317 g/mol. The van der Waals surface area contributed by atoms with Crippen LogP contribution in [-0.2, 0) is 4.79 Å². The number of carbonyl (C=O) groups excluding carboxylic acids is 2. The summed E-state index contributed by atoms with van der Waals surface area (Å²) in [5.41, 5.74) is 1.32. The van der Waals surface area contributed by atoms with E-state index in [4.69, 9.17) is 4.74 Å². The van der Waals surface area contributed by atoms with Gasteiger partial charge in [0.25, 0.3) is 5.91 Å². The van der Waals surface area contributed by atoms with Gasteiger partial charge >= 0.3 is 6.03 Å². The Hall–Kier alpha value is -2.24. The lowest BCUT2D eigenvalue weighted by Gasteiger charge is -2.30. The number of nitrogens with zero attached hydrogens (tertiary/aromatic N) is 1. The van der Waals surface area contributed by atoms with Crippen molar-refractivity contribution in [3.63, 3.8) is 0 Å². The van der Waals surface area contributed by atoms with E-state index in [2.05, 4.69) is 10.6 Å². The molecule has 23 heavy (non-hydrogen) atoms. The Bertz CT molecular complexity index is 611. The summed E-state index contributed by atoms with van der Waals surface area (Å²) in [4.78, 5) is 25.7. The maximum absolute atomic E-state index is 12.1. The number of anilines is 2. The molecule has 1 aliphatic carbocycles. The fraction of sp³-hybridized carbons (Fsp3) is 0.529. The SMILES string of the molecule is CC1Oc2ccc(NC(=O)NC3CCCCC3)cc2N(C)C1=O. The van der Waals surface area contributed by atoms with Crippen molar-refractivity contribution in [1.29, 1.82) is 0 Å². The van der Waals surface area contributed by atoms with Crippen LogP contribution in [0.2, 0.25) is 0 Å². The number of rotatable bonds is 2. The van der Waals surface area contributed by atoms with E-state index in [0.717, 1.165) is 12.8 Å². The zero-order chi connectivity index (χ0) is 16.4. The van der Waals surface area contributed by atoms with Crippen molar-refractivity contribution < 1.29 is 14.3 Å². The summed E-state index contributed by atoms with van der Waals surface area (Å²) in [5, 5.41) is 5.85. The van der Waals surface area contributed by atoms with Gasteiger partial charge in [0, 0.05) is 18.8 Å². The van der Waals surface area contributed by atoms with Crippen molar-refractivity contribution in [3.05, 3.63) is 18.2 Å². The van der Waals surface area contributed by atoms with E-state index in [9.17, 15) is 9.59 Å². The van der Waals surface area contributed by atoms with Gasteiger partial charge in [0.05, 0.1) is 5.69 Å². The highest BCUT2D eigenvalue weighted by Gasteiger charge is 2.29. The van der Waals surface area contributed by atoms with Gasteiger partial charge in [0.15, 0.2) is 6.10 Å². The first kappa shape index (κ1) is 15.6. The Labute approximate surface area is 136 Å². The van der Waals surface area contributed by atoms with Crippen LogP contribution < -0.4 is 20.3 Å². The van der Waals surface area contributed by atoms with Crippen LogP contribution in [0, 0.1) is 0 Å². The van der Waals surface area contributed by atoms with Crippen molar-refractivity contribution in [1.82, 2.24) is 5.32 Å². The van der Waals surface area contributed by atoms with Crippen molar-refractivity contribution >= 4 is 23.3 Å².